The average molecular weight is 332 g/mol. The molecule has 6 heteroatoms. The summed E-state index contributed by atoms with van der Waals surface area (Å²) in [6.45, 7) is 6.78. The van der Waals surface area contributed by atoms with Crippen molar-refractivity contribution in [1.29, 1.82) is 0 Å². The van der Waals surface area contributed by atoms with Crippen molar-refractivity contribution >= 4 is 11.9 Å². The van der Waals surface area contributed by atoms with Crippen molar-refractivity contribution in [1.82, 2.24) is 16.0 Å². The Morgan fingerprint density at radius 2 is 2.08 bits per heavy atom. The molecular formula is C18H28N4O2. The van der Waals surface area contributed by atoms with Crippen LogP contribution in [-0.2, 0) is 4.74 Å². The minimum Gasteiger partial charge on any atom is -0.373 e. The van der Waals surface area contributed by atoms with E-state index >= 15 is 0 Å². The second-order valence-corrected chi connectivity index (χ2v) is 6.38. The molecule has 1 aromatic carbocycles. The van der Waals surface area contributed by atoms with Gasteiger partial charge in [0.15, 0.2) is 5.96 Å². The summed E-state index contributed by atoms with van der Waals surface area (Å²) in [5, 5.41) is 9.38. The smallest absolute Gasteiger partial charge is 0.251 e. The Labute approximate surface area is 144 Å². The van der Waals surface area contributed by atoms with Gasteiger partial charge in [-0.3, -0.25) is 9.79 Å². The summed E-state index contributed by atoms with van der Waals surface area (Å²) in [4.78, 5) is 16.2. The molecule has 1 amide bonds. The molecule has 6 nitrogen and oxygen atoms in total. The molecule has 0 radical (unpaired) electrons. The number of hydrogen-bond donors (Lipinski definition) is 3. The highest BCUT2D eigenvalue weighted by atomic mass is 16.5. The van der Waals surface area contributed by atoms with E-state index in [1.807, 2.05) is 31.2 Å². The Bertz CT molecular complexity index is 580. The molecule has 1 aromatic rings. The van der Waals surface area contributed by atoms with Crippen molar-refractivity contribution in [3.8, 4) is 0 Å². The molecule has 1 aliphatic rings. The first-order chi connectivity index (χ1) is 11.5. The minimum absolute atomic E-state index is 0.0599. The lowest BCUT2D eigenvalue weighted by Gasteiger charge is -2.24. The molecule has 0 spiro atoms. The number of hydrogen-bond acceptors (Lipinski definition) is 3. The topological polar surface area (TPSA) is 74.8 Å². The number of carbonyl (C=O) groups excluding carboxylic acids is 1. The van der Waals surface area contributed by atoms with Crippen molar-refractivity contribution in [2.45, 2.75) is 32.3 Å². The molecule has 1 aliphatic heterocycles. The number of guanidine groups is 1. The number of aliphatic imine (C=N–C) groups is 1. The first-order valence-electron chi connectivity index (χ1n) is 8.46. The van der Waals surface area contributed by atoms with Crippen LogP contribution in [0.5, 0.6) is 0 Å². The Hall–Kier alpha value is -2.08. The van der Waals surface area contributed by atoms with E-state index < -0.39 is 0 Å². The van der Waals surface area contributed by atoms with Gasteiger partial charge in [-0.05, 0) is 38.8 Å². The number of amides is 1. The summed E-state index contributed by atoms with van der Waals surface area (Å²) in [7, 11) is 1.73. The molecule has 0 aromatic heterocycles. The van der Waals surface area contributed by atoms with E-state index in [1.165, 1.54) is 0 Å². The predicted molar refractivity (Wildman–Crippen MR) is 96.5 cm³/mol. The summed E-state index contributed by atoms with van der Waals surface area (Å²) in [6, 6.07) is 7.56. The molecule has 1 heterocycles. The van der Waals surface area contributed by atoms with E-state index in [0.717, 1.165) is 37.5 Å². The van der Waals surface area contributed by atoms with Crippen LogP contribution in [-0.4, -0.2) is 50.8 Å². The molecule has 0 bridgehead atoms. The van der Waals surface area contributed by atoms with Gasteiger partial charge in [0, 0.05) is 38.9 Å². The van der Waals surface area contributed by atoms with Gasteiger partial charge in [0.1, 0.15) is 0 Å². The fourth-order valence-electron chi connectivity index (χ4n) is 2.71. The summed E-state index contributed by atoms with van der Waals surface area (Å²) in [5.41, 5.74) is 1.65. The van der Waals surface area contributed by atoms with Crippen LogP contribution in [0.4, 0.5) is 0 Å². The maximum absolute atomic E-state index is 12.1. The van der Waals surface area contributed by atoms with Crippen molar-refractivity contribution in [2.24, 2.45) is 4.99 Å². The molecule has 132 valence electrons. The van der Waals surface area contributed by atoms with E-state index in [9.17, 15) is 4.79 Å². The Morgan fingerprint density at radius 3 is 2.75 bits per heavy atom. The van der Waals surface area contributed by atoms with Crippen LogP contribution in [0.25, 0.3) is 0 Å². The fraction of sp³-hybridized carbons (Fsp3) is 0.556. The number of nitrogens with zero attached hydrogens (tertiary/aromatic N) is 1. The molecule has 24 heavy (non-hydrogen) atoms. The van der Waals surface area contributed by atoms with Gasteiger partial charge in [0.25, 0.3) is 5.91 Å². The van der Waals surface area contributed by atoms with Gasteiger partial charge >= 0.3 is 0 Å². The standard InChI is InChI=1S/C18H28N4O2/c1-14-6-4-7-15(12-14)16(23)20-9-10-21-17(19-3)22-13-18(2)8-5-11-24-18/h4,6-7,12H,5,8-11,13H2,1-3H3,(H,20,23)(H2,19,21,22). The fourth-order valence-corrected chi connectivity index (χ4v) is 2.71. The molecule has 1 saturated heterocycles. The van der Waals surface area contributed by atoms with Crippen molar-refractivity contribution in [2.75, 3.05) is 33.3 Å². The molecule has 3 N–H and O–H groups in total. The van der Waals surface area contributed by atoms with Crippen LogP contribution >= 0.6 is 0 Å². The van der Waals surface area contributed by atoms with E-state index in [0.29, 0.717) is 18.7 Å². The second-order valence-electron chi connectivity index (χ2n) is 6.38. The van der Waals surface area contributed by atoms with Crippen LogP contribution < -0.4 is 16.0 Å². The molecule has 0 saturated carbocycles. The normalized spacial score (nSPS) is 20.7. The van der Waals surface area contributed by atoms with Gasteiger partial charge in [0.2, 0.25) is 0 Å². The largest absolute Gasteiger partial charge is 0.373 e. The van der Waals surface area contributed by atoms with Gasteiger partial charge in [-0.1, -0.05) is 17.7 Å². The van der Waals surface area contributed by atoms with E-state index in [1.54, 1.807) is 7.05 Å². The Morgan fingerprint density at radius 1 is 1.29 bits per heavy atom. The van der Waals surface area contributed by atoms with Gasteiger partial charge in [-0.2, -0.15) is 0 Å². The maximum Gasteiger partial charge on any atom is 0.251 e. The number of benzene rings is 1. The van der Waals surface area contributed by atoms with Gasteiger partial charge in [-0.15, -0.1) is 0 Å². The zero-order chi connectivity index (χ0) is 17.4. The lowest BCUT2D eigenvalue weighted by Crippen LogP contribution is -2.47. The summed E-state index contributed by atoms with van der Waals surface area (Å²) >= 11 is 0. The highest BCUT2D eigenvalue weighted by molar-refractivity contribution is 5.94. The first-order valence-corrected chi connectivity index (χ1v) is 8.46. The van der Waals surface area contributed by atoms with Crippen LogP contribution in [0.1, 0.15) is 35.7 Å². The monoisotopic (exact) mass is 332 g/mol. The summed E-state index contributed by atoms with van der Waals surface area (Å²) in [6.07, 6.45) is 2.17. The molecule has 2 rings (SSSR count). The highest BCUT2D eigenvalue weighted by Crippen LogP contribution is 2.23. The van der Waals surface area contributed by atoms with Gasteiger partial charge in [-0.25, -0.2) is 0 Å². The number of carbonyl (C=O) groups is 1. The third-order valence-electron chi connectivity index (χ3n) is 4.14. The summed E-state index contributed by atoms with van der Waals surface area (Å²) in [5.74, 6) is 0.659. The third kappa shape index (κ3) is 5.53. The van der Waals surface area contributed by atoms with Gasteiger partial charge < -0.3 is 20.7 Å². The van der Waals surface area contributed by atoms with Crippen LogP contribution in [0.2, 0.25) is 0 Å². The summed E-state index contributed by atoms with van der Waals surface area (Å²) < 4.78 is 5.75. The molecular weight excluding hydrogens is 304 g/mol. The molecule has 1 fully saturated rings. The lowest BCUT2D eigenvalue weighted by atomic mass is 10.0. The number of rotatable bonds is 6. The quantitative estimate of drug-likeness (QED) is 0.419. The predicted octanol–water partition coefficient (Wildman–Crippen LogP) is 1.46. The zero-order valence-electron chi connectivity index (χ0n) is 14.8. The Kier molecular flexibility index (Phi) is 6.61. The molecule has 1 unspecified atom stereocenters. The Balaban J connectivity index is 1.67. The van der Waals surface area contributed by atoms with Crippen LogP contribution in [0.3, 0.4) is 0 Å². The number of aryl methyl sites for hydroxylation is 1. The SMILES string of the molecule is CN=C(NCCNC(=O)c1cccc(C)c1)NCC1(C)CCCO1. The zero-order valence-corrected chi connectivity index (χ0v) is 14.8. The highest BCUT2D eigenvalue weighted by Gasteiger charge is 2.29. The van der Waals surface area contributed by atoms with Gasteiger partial charge in [0.05, 0.1) is 5.60 Å². The van der Waals surface area contributed by atoms with Crippen LogP contribution in [0, 0.1) is 6.92 Å². The van der Waals surface area contributed by atoms with Crippen LogP contribution in [0.15, 0.2) is 29.3 Å². The van der Waals surface area contributed by atoms with E-state index in [-0.39, 0.29) is 11.5 Å². The maximum atomic E-state index is 12.1. The van der Waals surface area contributed by atoms with Crippen molar-refractivity contribution in [3.05, 3.63) is 35.4 Å². The van der Waals surface area contributed by atoms with Crippen molar-refractivity contribution in [3.63, 3.8) is 0 Å². The second kappa shape index (κ2) is 8.68. The number of ether oxygens (including phenoxy) is 1. The third-order valence-corrected chi connectivity index (χ3v) is 4.14. The average Bonchev–Trinajstić information content (AvgIpc) is 3.01. The molecule has 1 atom stereocenters. The number of nitrogens with one attached hydrogen (secondary N) is 3. The van der Waals surface area contributed by atoms with E-state index in [4.69, 9.17) is 4.74 Å². The van der Waals surface area contributed by atoms with Crippen molar-refractivity contribution < 1.29 is 9.53 Å². The first kappa shape index (κ1) is 18.3. The molecule has 0 aliphatic carbocycles. The lowest BCUT2D eigenvalue weighted by molar-refractivity contribution is 0.0243. The minimum atomic E-state index is -0.114. The van der Waals surface area contributed by atoms with E-state index in [2.05, 4.69) is 27.9 Å².